The van der Waals surface area contributed by atoms with Crippen molar-refractivity contribution in [3.8, 4) is 0 Å². The van der Waals surface area contributed by atoms with E-state index < -0.39 is 6.09 Å². The van der Waals surface area contributed by atoms with E-state index >= 15 is 0 Å². The van der Waals surface area contributed by atoms with E-state index in [1.165, 1.54) is 23.3 Å². The number of rotatable bonds is 18. The van der Waals surface area contributed by atoms with E-state index in [4.69, 9.17) is 9.72 Å². The van der Waals surface area contributed by atoms with Crippen LogP contribution in [0.25, 0.3) is 5.65 Å². The number of ether oxygens (including phenoxy) is 1. The second-order valence-electron chi connectivity index (χ2n) is 18.5. The van der Waals surface area contributed by atoms with Crippen LogP contribution in [-0.2, 0) is 35.6 Å². The van der Waals surface area contributed by atoms with Gasteiger partial charge in [-0.2, -0.15) is 14.6 Å². The van der Waals surface area contributed by atoms with Gasteiger partial charge in [0.25, 0.3) is 11.5 Å². The van der Waals surface area contributed by atoms with E-state index in [1.54, 1.807) is 23.0 Å². The van der Waals surface area contributed by atoms with Crippen molar-refractivity contribution in [3.63, 3.8) is 0 Å². The molecule has 7 heterocycles. The highest BCUT2D eigenvalue weighted by molar-refractivity contribution is 5.92. The van der Waals surface area contributed by atoms with Crippen molar-refractivity contribution in [2.45, 2.75) is 110 Å². The molecule has 4 aromatic heterocycles. The minimum atomic E-state index is -0.399. The lowest BCUT2D eigenvalue weighted by molar-refractivity contribution is -0.129. The van der Waals surface area contributed by atoms with Crippen LogP contribution >= 0.6 is 0 Å². The number of aryl methyl sites for hydroxylation is 1. The largest absolute Gasteiger partial charge is 0.444 e. The standard InChI is InChI=1S/C50H64N12O5/c1-5-37-29-53-62-43(26-44(55-47(37)62)61-19-8-7-9-41(61)18-24-63)51-27-36-12-17-45(64)59(31-36)30-33(3)48(65)58-22-20-57(21-23-58)42(25-35-10-11-35)39-15-13-38(14-16-39)34(4)54-49-52-28-40-32-67-50(66)60(6-2)46(40)56-49/h12-17,26,28-29,31,34-35,41-42,51,63H,3,5-11,18-25,27,30,32H2,1-2,4H3,(H,52,54,56)/t34-,41+,42-/m1/s1. The first kappa shape index (κ1) is 45.8. The highest BCUT2D eigenvalue weighted by Gasteiger charge is 2.33. The van der Waals surface area contributed by atoms with Crippen LogP contribution in [0, 0.1) is 5.92 Å². The quantitative estimate of drug-likeness (QED) is 0.0814. The van der Waals surface area contributed by atoms with Crippen LogP contribution in [0.1, 0.15) is 106 Å². The number of carbonyl (C=O) groups is 2. The van der Waals surface area contributed by atoms with Crippen molar-refractivity contribution < 1.29 is 19.4 Å². The van der Waals surface area contributed by atoms with Gasteiger partial charge in [0, 0.05) is 100 Å². The van der Waals surface area contributed by atoms with Gasteiger partial charge in [0.05, 0.1) is 24.3 Å². The molecule has 1 aromatic carbocycles. The first-order valence-corrected chi connectivity index (χ1v) is 24.2. The lowest BCUT2D eigenvalue weighted by Gasteiger charge is -2.40. The number of anilines is 4. The zero-order valence-electron chi connectivity index (χ0n) is 39.1. The SMILES string of the molecule is C=C(Cn1cc(CNc2cc(N3CCCC[C@H]3CCO)nc3c(CC)cnn23)ccc1=O)C(=O)N1CCN([C@H](CC2CC2)c2ccc([C@@H](C)Nc3ncc4c(n3)N(CC)C(=O)OC4)cc2)CC1. The molecule has 17 nitrogen and oxygen atoms in total. The van der Waals surface area contributed by atoms with Gasteiger partial charge >= 0.3 is 6.09 Å². The third kappa shape index (κ3) is 10.2. The van der Waals surface area contributed by atoms with Crippen LogP contribution in [-0.4, -0.2) is 108 Å². The van der Waals surface area contributed by atoms with Gasteiger partial charge in [0.2, 0.25) is 5.95 Å². The Morgan fingerprint density at radius 3 is 2.51 bits per heavy atom. The normalized spacial score (nSPS) is 18.7. The van der Waals surface area contributed by atoms with Crippen LogP contribution in [0.3, 0.4) is 0 Å². The molecule has 17 heteroatoms. The molecule has 0 spiro atoms. The molecule has 3 N–H and O–H groups in total. The number of pyridine rings is 1. The van der Waals surface area contributed by atoms with Gasteiger partial charge in [0.1, 0.15) is 24.1 Å². The zero-order valence-corrected chi connectivity index (χ0v) is 39.1. The van der Waals surface area contributed by atoms with Crippen molar-refractivity contribution in [3.05, 3.63) is 111 Å². The monoisotopic (exact) mass is 913 g/mol. The number of nitrogens with one attached hydrogen (secondary N) is 2. The maximum atomic E-state index is 13.9. The topological polar surface area (TPSA) is 179 Å². The van der Waals surface area contributed by atoms with E-state index in [0.717, 1.165) is 91.3 Å². The Labute approximate surface area is 391 Å². The minimum absolute atomic E-state index is 0.0720. The third-order valence-corrected chi connectivity index (χ3v) is 13.9. The molecule has 3 atom stereocenters. The first-order valence-electron chi connectivity index (χ1n) is 24.2. The summed E-state index contributed by atoms with van der Waals surface area (Å²) < 4.78 is 8.65. The summed E-state index contributed by atoms with van der Waals surface area (Å²) in [5, 5.41) is 21.4. The van der Waals surface area contributed by atoms with Gasteiger partial charge in [-0.05, 0) is 75.0 Å². The lowest BCUT2D eigenvalue weighted by Crippen LogP contribution is -2.50. The van der Waals surface area contributed by atoms with E-state index in [2.05, 4.69) is 80.2 Å². The molecule has 1 saturated carbocycles. The summed E-state index contributed by atoms with van der Waals surface area (Å²) in [5.74, 6) is 3.29. The molecule has 67 heavy (non-hydrogen) atoms. The molecule has 1 aliphatic carbocycles. The number of piperidine rings is 1. The Balaban J connectivity index is 0.811. The van der Waals surface area contributed by atoms with Crippen LogP contribution < -0.4 is 26.0 Å². The summed E-state index contributed by atoms with van der Waals surface area (Å²) in [6, 6.07) is 14.6. The maximum absolute atomic E-state index is 13.9. The van der Waals surface area contributed by atoms with Crippen LogP contribution in [0.2, 0.25) is 0 Å². The number of carbonyl (C=O) groups excluding carboxylic acids is 2. The smallest absolute Gasteiger partial charge is 0.415 e. The van der Waals surface area contributed by atoms with Crippen molar-refractivity contribution in [1.29, 1.82) is 0 Å². The van der Waals surface area contributed by atoms with Crippen LogP contribution in [0.15, 0.2) is 78.0 Å². The molecule has 0 bridgehead atoms. The first-order chi connectivity index (χ1) is 32.6. The number of nitrogens with zero attached hydrogens (tertiary/aromatic N) is 10. The Morgan fingerprint density at radius 2 is 1.76 bits per heavy atom. The number of hydrogen-bond acceptors (Lipinski definition) is 13. The Kier molecular flexibility index (Phi) is 13.9. The Hall–Kier alpha value is -6.33. The molecule has 3 fully saturated rings. The number of hydrogen-bond donors (Lipinski definition) is 3. The summed E-state index contributed by atoms with van der Waals surface area (Å²) in [6.45, 7) is 15.1. The summed E-state index contributed by atoms with van der Waals surface area (Å²) in [6.07, 6.45) is 13.3. The number of piperazine rings is 1. The van der Waals surface area contributed by atoms with E-state index in [0.29, 0.717) is 55.9 Å². The van der Waals surface area contributed by atoms with Crippen molar-refractivity contribution in [2.75, 3.05) is 66.3 Å². The number of aromatic nitrogens is 6. The predicted molar refractivity (Wildman–Crippen MR) is 258 cm³/mol. The number of aliphatic hydroxyl groups excluding tert-OH is 1. The van der Waals surface area contributed by atoms with Gasteiger partial charge in [-0.1, -0.05) is 56.7 Å². The van der Waals surface area contributed by atoms with Gasteiger partial charge in [-0.15, -0.1) is 0 Å². The molecule has 0 unspecified atom stereocenters. The van der Waals surface area contributed by atoms with Crippen LogP contribution in [0.4, 0.5) is 28.2 Å². The second-order valence-corrected chi connectivity index (χ2v) is 18.5. The van der Waals surface area contributed by atoms with Crippen molar-refractivity contribution in [2.24, 2.45) is 5.92 Å². The van der Waals surface area contributed by atoms with Crippen LogP contribution in [0.5, 0.6) is 0 Å². The zero-order chi connectivity index (χ0) is 46.6. The summed E-state index contributed by atoms with van der Waals surface area (Å²) in [4.78, 5) is 61.8. The summed E-state index contributed by atoms with van der Waals surface area (Å²) >= 11 is 0. The van der Waals surface area contributed by atoms with Gasteiger partial charge < -0.3 is 34.8 Å². The highest BCUT2D eigenvalue weighted by atomic mass is 16.6. The van der Waals surface area contributed by atoms with Gasteiger partial charge in [-0.25, -0.2) is 14.8 Å². The molecule has 2 amide bonds. The molecular formula is C50H64N12O5. The lowest BCUT2D eigenvalue weighted by atomic mass is 9.96. The Morgan fingerprint density at radius 1 is 0.970 bits per heavy atom. The van der Waals surface area contributed by atoms with E-state index in [9.17, 15) is 19.5 Å². The molecule has 0 radical (unpaired) electrons. The molecule has 4 aliphatic rings. The number of aliphatic hydroxyl groups is 1. The molecular weight excluding hydrogens is 849 g/mol. The number of benzene rings is 1. The molecule has 9 rings (SSSR count). The van der Waals surface area contributed by atoms with E-state index in [1.807, 2.05) is 34.7 Å². The van der Waals surface area contributed by atoms with Crippen molar-refractivity contribution in [1.82, 2.24) is 38.9 Å². The molecule has 354 valence electrons. The summed E-state index contributed by atoms with van der Waals surface area (Å²) in [7, 11) is 0. The maximum Gasteiger partial charge on any atom is 0.415 e. The highest BCUT2D eigenvalue weighted by Crippen LogP contribution is 2.41. The number of cyclic esters (lactones) is 1. The fourth-order valence-corrected chi connectivity index (χ4v) is 9.84. The van der Waals surface area contributed by atoms with Gasteiger partial charge in [-0.3, -0.25) is 19.4 Å². The fraction of sp³-hybridized carbons (Fsp3) is 0.500. The molecule has 5 aromatic rings. The molecule has 2 saturated heterocycles. The molecule has 3 aliphatic heterocycles. The predicted octanol–water partition coefficient (Wildman–Crippen LogP) is 6.49. The minimum Gasteiger partial charge on any atom is -0.444 e. The third-order valence-electron chi connectivity index (χ3n) is 13.9. The fourth-order valence-electron chi connectivity index (χ4n) is 9.84. The average Bonchev–Trinajstić information content (AvgIpc) is 4.08. The second kappa shape index (κ2) is 20.3. The average molecular weight is 913 g/mol. The number of fused-ring (bicyclic) bond motifs is 2. The number of amides is 2. The van der Waals surface area contributed by atoms with E-state index in [-0.39, 0.29) is 49.4 Å². The Bertz CT molecular complexity index is 2630. The van der Waals surface area contributed by atoms with Crippen molar-refractivity contribution >= 4 is 41.0 Å². The summed E-state index contributed by atoms with van der Waals surface area (Å²) in [5.41, 5.74) is 6.07. The van der Waals surface area contributed by atoms with Gasteiger partial charge in [0.15, 0.2) is 5.65 Å².